The van der Waals surface area contributed by atoms with Gasteiger partial charge in [0, 0.05) is 19.3 Å². The van der Waals surface area contributed by atoms with Gasteiger partial charge < -0.3 is 9.84 Å². The van der Waals surface area contributed by atoms with Crippen LogP contribution in [0.25, 0.3) is 0 Å². The Morgan fingerprint density at radius 2 is 2.05 bits per heavy atom. The predicted molar refractivity (Wildman–Crippen MR) is 66.0 cm³/mol. The number of nitrogens with zero attached hydrogens (tertiary/aromatic N) is 3. The van der Waals surface area contributed by atoms with Crippen LogP contribution in [0.1, 0.15) is 12.8 Å². The molecule has 0 spiro atoms. The molecule has 2 aliphatic rings. The molecule has 2 atom stereocenters. The van der Waals surface area contributed by atoms with Crippen LogP contribution in [0, 0.1) is 0 Å². The van der Waals surface area contributed by atoms with Crippen LogP contribution >= 0.6 is 0 Å². The lowest BCUT2D eigenvalue weighted by Gasteiger charge is -2.30. The van der Waals surface area contributed by atoms with Gasteiger partial charge in [-0.15, -0.1) is 0 Å². The molecule has 0 aromatic carbocycles. The molecule has 1 aromatic rings. The maximum atomic E-state index is 12.5. The van der Waals surface area contributed by atoms with Crippen LogP contribution in [-0.2, 0) is 21.3 Å². The van der Waals surface area contributed by atoms with Gasteiger partial charge >= 0.3 is 0 Å². The average Bonchev–Trinajstić information content (AvgIpc) is 2.97. The van der Waals surface area contributed by atoms with E-state index in [0.717, 1.165) is 12.8 Å². The van der Waals surface area contributed by atoms with E-state index in [1.165, 1.54) is 21.4 Å². The Morgan fingerprint density at radius 1 is 1.37 bits per heavy atom. The fourth-order valence-electron chi connectivity index (χ4n) is 2.63. The minimum atomic E-state index is -3.50. The van der Waals surface area contributed by atoms with Gasteiger partial charge in [0.05, 0.1) is 31.6 Å². The van der Waals surface area contributed by atoms with Crippen molar-refractivity contribution in [3.05, 3.63) is 12.4 Å². The van der Waals surface area contributed by atoms with Gasteiger partial charge in [-0.1, -0.05) is 0 Å². The second kappa shape index (κ2) is 4.86. The van der Waals surface area contributed by atoms with Crippen LogP contribution in [0.3, 0.4) is 0 Å². The van der Waals surface area contributed by atoms with Gasteiger partial charge in [-0.3, -0.25) is 4.68 Å². The highest BCUT2D eigenvalue weighted by atomic mass is 32.2. The Labute approximate surface area is 111 Å². The second-order valence-corrected chi connectivity index (χ2v) is 6.88. The topological polar surface area (TPSA) is 84.7 Å². The number of ether oxygens (including phenoxy) is 1. The van der Waals surface area contributed by atoms with E-state index in [0.29, 0.717) is 19.6 Å². The lowest BCUT2D eigenvalue weighted by molar-refractivity contribution is -0.0114. The minimum Gasteiger partial charge on any atom is -0.394 e. The van der Waals surface area contributed by atoms with Crippen LogP contribution < -0.4 is 0 Å². The third-order valence-corrected chi connectivity index (χ3v) is 5.37. The molecule has 2 saturated heterocycles. The van der Waals surface area contributed by atoms with Gasteiger partial charge in [-0.05, 0) is 12.8 Å². The first kappa shape index (κ1) is 13.0. The SMILES string of the molecule is O=S(=O)(c1cnn(CCO)c1)N1CC2CCC(C1)O2. The quantitative estimate of drug-likeness (QED) is 0.801. The molecule has 0 amide bonds. The van der Waals surface area contributed by atoms with Crippen molar-refractivity contribution in [3.63, 3.8) is 0 Å². The molecule has 3 rings (SSSR count). The molecule has 3 heterocycles. The van der Waals surface area contributed by atoms with Crippen LogP contribution in [0.15, 0.2) is 17.3 Å². The zero-order valence-electron chi connectivity index (χ0n) is 10.5. The summed E-state index contributed by atoms with van der Waals surface area (Å²) in [4.78, 5) is 0.183. The number of hydrogen-bond donors (Lipinski definition) is 1. The maximum Gasteiger partial charge on any atom is 0.246 e. The predicted octanol–water partition coefficient (Wildman–Crippen LogP) is -0.573. The number of aliphatic hydroxyl groups is 1. The minimum absolute atomic E-state index is 0.0287. The molecular weight excluding hydrogens is 270 g/mol. The summed E-state index contributed by atoms with van der Waals surface area (Å²) in [6.07, 6.45) is 4.72. The van der Waals surface area contributed by atoms with Crippen molar-refractivity contribution >= 4 is 10.0 Å². The fraction of sp³-hybridized carbons (Fsp3) is 0.727. The number of aromatic nitrogens is 2. The van der Waals surface area contributed by atoms with E-state index in [-0.39, 0.29) is 23.7 Å². The number of fused-ring (bicyclic) bond motifs is 2. The van der Waals surface area contributed by atoms with Crippen LogP contribution in [0.4, 0.5) is 0 Å². The highest BCUT2D eigenvalue weighted by molar-refractivity contribution is 7.89. The summed E-state index contributed by atoms with van der Waals surface area (Å²) in [6, 6.07) is 0. The smallest absolute Gasteiger partial charge is 0.246 e. The van der Waals surface area contributed by atoms with Gasteiger partial charge in [0.1, 0.15) is 4.90 Å². The van der Waals surface area contributed by atoms with E-state index in [2.05, 4.69) is 5.10 Å². The monoisotopic (exact) mass is 287 g/mol. The molecule has 1 aromatic heterocycles. The van der Waals surface area contributed by atoms with Crippen LogP contribution in [0.5, 0.6) is 0 Å². The van der Waals surface area contributed by atoms with Gasteiger partial charge in [0.25, 0.3) is 0 Å². The van der Waals surface area contributed by atoms with Crippen molar-refractivity contribution in [2.75, 3.05) is 19.7 Å². The molecule has 2 fully saturated rings. The van der Waals surface area contributed by atoms with E-state index in [9.17, 15) is 8.42 Å². The van der Waals surface area contributed by atoms with Gasteiger partial charge in [0.15, 0.2) is 0 Å². The number of sulfonamides is 1. The summed E-state index contributed by atoms with van der Waals surface area (Å²) in [7, 11) is -3.50. The molecular formula is C11H17N3O4S. The third kappa shape index (κ3) is 2.40. The summed E-state index contributed by atoms with van der Waals surface area (Å²) in [5.41, 5.74) is 0. The maximum absolute atomic E-state index is 12.5. The molecule has 8 heteroatoms. The molecule has 0 aliphatic carbocycles. The van der Waals surface area contributed by atoms with E-state index >= 15 is 0 Å². The van der Waals surface area contributed by atoms with Crippen molar-refractivity contribution in [1.29, 1.82) is 0 Å². The lowest BCUT2D eigenvalue weighted by atomic mass is 10.2. The van der Waals surface area contributed by atoms with E-state index in [4.69, 9.17) is 9.84 Å². The first-order valence-electron chi connectivity index (χ1n) is 6.38. The molecule has 7 nitrogen and oxygen atoms in total. The van der Waals surface area contributed by atoms with Gasteiger partial charge in [-0.25, -0.2) is 8.42 Å². The molecule has 2 unspecified atom stereocenters. The highest BCUT2D eigenvalue weighted by Crippen LogP contribution is 2.29. The Balaban J connectivity index is 1.81. The molecule has 0 saturated carbocycles. The van der Waals surface area contributed by atoms with Crippen LogP contribution in [-0.4, -0.2) is 59.5 Å². The number of morpholine rings is 1. The van der Waals surface area contributed by atoms with Gasteiger partial charge in [-0.2, -0.15) is 9.40 Å². The summed E-state index contributed by atoms with van der Waals surface area (Å²) < 4.78 is 33.5. The third-order valence-electron chi connectivity index (χ3n) is 3.59. The molecule has 2 aliphatic heterocycles. The summed E-state index contributed by atoms with van der Waals surface area (Å²) in [6.45, 7) is 1.07. The zero-order valence-corrected chi connectivity index (χ0v) is 11.3. The zero-order chi connectivity index (χ0) is 13.5. The number of hydrogen-bond acceptors (Lipinski definition) is 5. The summed E-state index contributed by atoms with van der Waals surface area (Å²) >= 11 is 0. The molecule has 1 N–H and O–H groups in total. The molecule has 2 bridgehead atoms. The van der Waals surface area contributed by atoms with Crippen molar-refractivity contribution < 1.29 is 18.3 Å². The standard InChI is InChI=1S/C11H17N3O4S/c15-4-3-13-8-11(5-12-13)19(16,17)14-6-9-1-2-10(7-14)18-9/h5,8-10,15H,1-4,6-7H2. The first-order valence-corrected chi connectivity index (χ1v) is 7.82. The second-order valence-electron chi connectivity index (χ2n) is 4.94. The lowest BCUT2D eigenvalue weighted by Crippen LogP contribution is -2.45. The number of aliphatic hydroxyl groups excluding tert-OH is 1. The van der Waals surface area contributed by atoms with Gasteiger partial charge in [0.2, 0.25) is 10.0 Å². The first-order chi connectivity index (χ1) is 9.09. The van der Waals surface area contributed by atoms with E-state index in [1.807, 2.05) is 0 Å². The highest BCUT2D eigenvalue weighted by Gasteiger charge is 2.39. The molecule has 106 valence electrons. The molecule has 0 radical (unpaired) electrons. The van der Waals surface area contributed by atoms with Crippen LogP contribution in [0.2, 0.25) is 0 Å². The summed E-state index contributed by atoms with van der Waals surface area (Å²) in [5, 5.41) is 12.8. The normalized spacial score (nSPS) is 27.8. The van der Waals surface area contributed by atoms with E-state index in [1.54, 1.807) is 0 Å². The Kier molecular flexibility index (Phi) is 3.34. The Morgan fingerprint density at radius 3 is 2.68 bits per heavy atom. The van der Waals surface area contributed by atoms with Crippen molar-refractivity contribution in [2.24, 2.45) is 0 Å². The Bertz CT molecular complexity index is 544. The van der Waals surface area contributed by atoms with Crippen molar-refractivity contribution in [1.82, 2.24) is 14.1 Å². The Hall–Kier alpha value is -0.960. The summed E-state index contributed by atoms with van der Waals surface area (Å²) in [5.74, 6) is 0. The largest absolute Gasteiger partial charge is 0.394 e. The van der Waals surface area contributed by atoms with E-state index < -0.39 is 10.0 Å². The van der Waals surface area contributed by atoms with Crippen molar-refractivity contribution in [2.45, 2.75) is 36.5 Å². The van der Waals surface area contributed by atoms with Crippen molar-refractivity contribution in [3.8, 4) is 0 Å². The average molecular weight is 287 g/mol. The molecule has 19 heavy (non-hydrogen) atoms. The fourth-order valence-corrected chi connectivity index (χ4v) is 4.08. The number of rotatable bonds is 4.